The molecule has 2 fully saturated rings. The highest BCUT2D eigenvalue weighted by molar-refractivity contribution is 5.95. The van der Waals surface area contributed by atoms with Gasteiger partial charge in [0.1, 0.15) is 5.76 Å². The Hall–Kier alpha value is -1.33. The van der Waals surface area contributed by atoms with E-state index in [1.807, 2.05) is 6.92 Å². The highest BCUT2D eigenvalue weighted by Crippen LogP contribution is 2.20. The maximum atomic E-state index is 12.2. The van der Waals surface area contributed by atoms with E-state index in [4.69, 9.17) is 9.15 Å². The van der Waals surface area contributed by atoms with Crippen molar-refractivity contribution in [2.75, 3.05) is 26.2 Å². The summed E-state index contributed by atoms with van der Waals surface area (Å²) in [5.74, 6) is 0.673. The van der Waals surface area contributed by atoms with Gasteiger partial charge in [-0.05, 0) is 38.7 Å². The molecule has 1 N–H and O–H groups in total. The summed E-state index contributed by atoms with van der Waals surface area (Å²) < 4.78 is 11.3. The van der Waals surface area contributed by atoms with Crippen molar-refractivity contribution < 1.29 is 13.9 Å². The highest BCUT2D eigenvalue weighted by atomic mass is 16.5. The van der Waals surface area contributed by atoms with Crippen LogP contribution in [0.3, 0.4) is 0 Å². The van der Waals surface area contributed by atoms with Crippen LogP contribution in [0.2, 0.25) is 0 Å². The summed E-state index contributed by atoms with van der Waals surface area (Å²) >= 11 is 0. The lowest BCUT2D eigenvalue weighted by Gasteiger charge is -2.32. The molecule has 0 aromatic carbocycles. The van der Waals surface area contributed by atoms with Crippen LogP contribution in [0, 0.1) is 6.92 Å². The summed E-state index contributed by atoms with van der Waals surface area (Å²) in [7, 11) is 0. The maximum Gasteiger partial charge on any atom is 0.255 e. The fourth-order valence-corrected chi connectivity index (χ4v) is 3.94. The number of furan rings is 1. The summed E-state index contributed by atoms with van der Waals surface area (Å²) in [5, 5.41) is 3.14. The highest BCUT2D eigenvalue weighted by Gasteiger charge is 2.22. The van der Waals surface area contributed by atoms with Gasteiger partial charge in [-0.25, -0.2) is 0 Å². The number of likely N-dealkylation sites (tertiary alicyclic amines) is 1. The molecule has 0 unspecified atom stereocenters. The molecule has 1 amide bonds. The monoisotopic (exact) mass is 348 g/mol. The van der Waals surface area contributed by atoms with E-state index >= 15 is 0 Å². The summed E-state index contributed by atoms with van der Waals surface area (Å²) in [6, 6.07) is 2.01. The Balaban J connectivity index is 1.32. The van der Waals surface area contributed by atoms with E-state index in [-0.39, 0.29) is 11.9 Å². The SMILES string of the molecule is Cc1occc1C(=O)NC1CCN(CCOC2CCCCCC2)CC1. The lowest BCUT2D eigenvalue weighted by Crippen LogP contribution is -2.45. The number of ether oxygens (including phenoxy) is 1. The second-order valence-electron chi connectivity index (χ2n) is 7.46. The molecule has 5 heteroatoms. The van der Waals surface area contributed by atoms with E-state index < -0.39 is 0 Å². The van der Waals surface area contributed by atoms with E-state index in [1.54, 1.807) is 12.3 Å². The van der Waals surface area contributed by atoms with Crippen LogP contribution < -0.4 is 5.32 Å². The maximum absolute atomic E-state index is 12.2. The lowest BCUT2D eigenvalue weighted by atomic mass is 10.0. The van der Waals surface area contributed by atoms with E-state index in [9.17, 15) is 4.79 Å². The van der Waals surface area contributed by atoms with Gasteiger partial charge >= 0.3 is 0 Å². The van der Waals surface area contributed by atoms with Gasteiger partial charge in [-0.3, -0.25) is 4.79 Å². The third-order valence-corrected chi connectivity index (χ3v) is 5.59. The van der Waals surface area contributed by atoms with Gasteiger partial charge in [-0.2, -0.15) is 0 Å². The molecule has 2 heterocycles. The summed E-state index contributed by atoms with van der Waals surface area (Å²) in [6.07, 6.45) is 11.9. The minimum absolute atomic E-state index is 0.0126. The van der Waals surface area contributed by atoms with Crippen molar-refractivity contribution in [1.82, 2.24) is 10.2 Å². The quantitative estimate of drug-likeness (QED) is 0.799. The third kappa shape index (κ3) is 5.58. The molecule has 2 aliphatic rings. The zero-order chi connectivity index (χ0) is 17.5. The Kier molecular flexibility index (Phi) is 6.93. The number of aryl methyl sites for hydroxylation is 1. The molecule has 1 saturated heterocycles. The molecule has 0 bridgehead atoms. The Morgan fingerprint density at radius 2 is 1.92 bits per heavy atom. The van der Waals surface area contributed by atoms with Crippen LogP contribution in [0.5, 0.6) is 0 Å². The smallest absolute Gasteiger partial charge is 0.255 e. The molecule has 1 saturated carbocycles. The zero-order valence-corrected chi connectivity index (χ0v) is 15.5. The minimum Gasteiger partial charge on any atom is -0.469 e. The van der Waals surface area contributed by atoms with Crippen LogP contribution >= 0.6 is 0 Å². The van der Waals surface area contributed by atoms with Crippen LogP contribution in [0.15, 0.2) is 16.7 Å². The first kappa shape index (κ1) is 18.5. The van der Waals surface area contributed by atoms with Crippen molar-refractivity contribution in [3.63, 3.8) is 0 Å². The molecule has 25 heavy (non-hydrogen) atoms. The molecule has 0 spiro atoms. The largest absolute Gasteiger partial charge is 0.469 e. The predicted octanol–water partition coefficient (Wildman–Crippen LogP) is 3.52. The lowest BCUT2D eigenvalue weighted by molar-refractivity contribution is 0.0247. The van der Waals surface area contributed by atoms with Gasteiger partial charge in [0, 0.05) is 25.7 Å². The molecule has 1 aliphatic carbocycles. The Bertz CT molecular complexity index is 527. The molecular weight excluding hydrogens is 316 g/mol. The van der Waals surface area contributed by atoms with Crippen molar-refractivity contribution in [2.45, 2.75) is 70.4 Å². The number of nitrogens with zero attached hydrogens (tertiary/aromatic N) is 1. The van der Waals surface area contributed by atoms with Gasteiger partial charge in [0.25, 0.3) is 5.91 Å². The fraction of sp³-hybridized carbons (Fsp3) is 0.750. The van der Waals surface area contributed by atoms with Crippen LogP contribution in [0.25, 0.3) is 0 Å². The molecular formula is C20H32N2O3. The first-order valence-electron chi connectivity index (χ1n) is 9.91. The second kappa shape index (κ2) is 9.39. The van der Waals surface area contributed by atoms with Crippen LogP contribution in [0.1, 0.15) is 67.5 Å². The van der Waals surface area contributed by atoms with Crippen molar-refractivity contribution in [2.24, 2.45) is 0 Å². The Labute approximate surface area is 151 Å². The Morgan fingerprint density at radius 3 is 2.56 bits per heavy atom. The number of nitrogens with one attached hydrogen (secondary N) is 1. The molecule has 3 rings (SSSR count). The van der Waals surface area contributed by atoms with Crippen molar-refractivity contribution >= 4 is 5.91 Å². The number of hydrogen-bond donors (Lipinski definition) is 1. The normalized spacial score (nSPS) is 21.2. The number of carbonyl (C=O) groups is 1. The first-order valence-corrected chi connectivity index (χ1v) is 9.91. The van der Waals surface area contributed by atoms with E-state index in [2.05, 4.69) is 10.2 Å². The number of piperidine rings is 1. The summed E-state index contributed by atoms with van der Waals surface area (Å²) in [4.78, 5) is 14.7. The summed E-state index contributed by atoms with van der Waals surface area (Å²) in [6.45, 7) is 5.74. The predicted molar refractivity (Wildman–Crippen MR) is 97.8 cm³/mol. The molecule has 1 aromatic heterocycles. The van der Waals surface area contributed by atoms with Crippen molar-refractivity contribution in [3.8, 4) is 0 Å². The Morgan fingerprint density at radius 1 is 1.20 bits per heavy atom. The van der Waals surface area contributed by atoms with E-state index in [0.29, 0.717) is 17.4 Å². The van der Waals surface area contributed by atoms with Crippen LogP contribution in [0.4, 0.5) is 0 Å². The van der Waals surface area contributed by atoms with Crippen LogP contribution in [-0.2, 0) is 4.74 Å². The fourth-order valence-electron chi connectivity index (χ4n) is 3.94. The van der Waals surface area contributed by atoms with Gasteiger partial charge in [0.05, 0.1) is 24.5 Å². The molecule has 1 aliphatic heterocycles. The minimum atomic E-state index is -0.0126. The molecule has 0 radical (unpaired) electrons. The van der Waals surface area contributed by atoms with Crippen LogP contribution in [-0.4, -0.2) is 49.2 Å². The molecule has 1 aromatic rings. The summed E-state index contributed by atoms with van der Waals surface area (Å²) in [5.41, 5.74) is 0.652. The van der Waals surface area contributed by atoms with Gasteiger partial charge in [-0.15, -0.1) is 0 Å². The number of amides is 1. The van der Waals surface area contributed by atoms with E-state index in [0.717, 1.165) is 39.1 Å². The number of hydrogen-bond acceptors (Lipinski definition) is 4. The van der Waals surface area contributed by atoms with Crippen molar-refractivity contribution in [1.29, 1.82) is 0 Å². The van der Waals surface area contributed by atoms with Crippen molar-refractivity contribution in [3.05, 3.63) is 23.7 Å². The van der Waals surface area contributed by atoms with E-state index in [1.165, 1.54) is 38.5 Å². The second-order valence-corrected chi connectivity index (χ2v) is 7.46. The average Bonchev–Trinajstić information content (AvgIpc) is 2.88. The number of rotatable bonds is 6. The molecule has 140 valence electrons. The average molecular weight is 348 g/mol. The first-order chi connectivity index (χ1) is 12.2. The standard InChI is InChI=1S/C20H32N2O3/c1-16-19(10-14-24-16)20(23)21-17-8-11-22(12-9-17)13-15-25-18-6-4-2-3-5-7-18/h10,14,17-18H,2-9,11-13,15H2,1H3,(H,21,23). The zero-order valence-electron chi connectivity index (χ0n) is 15.5. The van der Waals surface area contributed by atoms with Gasteiger partial charge < -0.3 is 19.4 Å². The third-order valence-electron chi connectivity index (χ3n) is 5.59. The van der Waals surface area contributed by atoms with Gasteiger partial charge in [-0.1, -0.05) is 25.7 Å². The van der Waals surface area contributed by atoms with Gasteiger partial charge in [0.15, 0.2) is 0 Å². The molecule has 5 nitrogen and oxygen atoms in total. The van der Waals surface area contributed by atoms with Gasteiger partial charge in [0.2, 0.25) is 0 Å². The topological polar surface area (TPSA) is 54.7 Å². The molecule has 0 atom stereocenters. The number of carbonyl (C=O) groups excluding carboxylic acids is 1.